The highest BCUT2D eigenvalue weighted by Crippen LogP contribution is 2.40. The molecule has 0 aliphatic carbocycles. The van der Waals surface area contributed by atoms with E-state index in [2.05, 4.69) is 0 Å². The summed E-state index contributed by atoms with van der Waals surface area (Å²) in [5.41, 5.74) is -0.251. The molecule has 1 aliphatic rings. The van der Waals surface area contributed by atoms with Crippen molar-refractivity contribution < 1.29 is 9.90 Å². The van der Waals surface area contributed by atoms with Crippen molar-refractivity contribution in [2.45, 2.75) is 32.8 Å². The van der Waals surface area contributed by atoms with Gasteiger partial charge in [-0.1, -0.05) is 6.92 Å². The number of carbonyl (C=O) groups excluding carboxylic acids is 1. The van der Waals surface area contributed by atoms with E-state index in [4.69, 9.17) is 0 Å². The van der Waals surface area contributed by atoms with Crippen LogP contribution in [0.5, 0.6) is 0 Å². The van der Waals surface area contributed by atoms with Gasteiger partial charge in [-0.05, 0) is 37.2 Å². The molecule has 2 nitrogen and oxygen atoms in total. The van der Waals surface area contributed by atoms with Gasteiger partial charge in [0.15, 0.2) is 0 Å². The predicted molar refractivity (Wildman–Crippen MR) is 55.9 cm³/mol. The molecule has 2 atom stereocenters. The Morgan fingerprint density at radius 1 is 1.38 bits per heavy atom. The summed E-state index contributed by atoms with van der Waals surface area (Å²) in [6.07, 6.45) is 2.54. The first-order chi connectivity index (χ1) is 6.12. The van der Waals surface area contributed by atoms with Crippen LogP contribution in [0.1, 0.15) is 26.7 Å². The number of hydrogen-bond acceptors (Lipinski definition) is 3. The number of thioether (sulfide) groups is 1. The van der Waals surface area contributed by atoms with Gasteiger partial charge in [0.25, 0.3) is 0 Å². The van der Waals surface area contributed by atoms with Crippen LogP contribution in [-0.4, -0.2) is 29.0 Å². The van der Waals surface area contributed by atoms with Gasteiger partial charge < -0.3 is 9.90 Å². The summed E-state index contributed by atoms with van der Waals surface area (Å²) in [7, 11) is 0. The normalized spacial score (nSPS) is 26.4. The van der Waals surface area contributed by atoms with Crippen molar-refractivity contribution in [3.63, 3.8) is 0 Å². The largest absolute Gasteiger partial charge is 0.393 e. The Bertz CT molecular complexity index is 174. The summed E-state index contributed by atoms with van der Waals surface area (Å²) in [6, 6.07) is 0. The minimum absolute atomic E-state index is 0.0888. The molecule has 0 aromatic rings. The highest BCUT2D eigenvalue weighted by molar-refractivity contribution is 7.99. The number of rotatable bonds is 3. The molecule has 0 aromatic carbocycles. The summed E-state index contributed by atoms with van der Waals surface area (Å²) >= 11 is 1.90. The fraction of sp³-hybridized carbons (Fsp3) is 0.900. The Hall–Kier alpha value is -0.0200. The number of aliphatic hydroxyl groups is 1. The fourth-order valence-corrected chi connectivity index (χ4v) is 3.17. The lowest BCUT2D eigenvalue weighted by molar-refractivity contribution is -0.122. The second kappa shape index (κ2) is 4.47. The van der Waals surface area contributed by atoms with Crippen LogP contribution in [0.3, 0.4) is 0 Å². The van der Waals surface area contributed by atoms with Gasteiger partial charge in [0.05, 0.1) is 6.10 Å². The summed E-state index contributed by atoms with van der Waals surface area (Å²) in [5.74, 6) is 2.19. The molecular weight excluding hydrogens is 184 g/mol. The van der Waals surface area contributed by atoms with E-state index < -0.39 is 0 Å². The quantitative estimate of drug-likeness (QED) is 0.708. The zero-order chi connectivity index (χ0) is 9.90. The lowest BCUT2D eigenvalue weighted by Crippen LogP contribution is -2.39. The highest BCUT2D eigenvalue weighted by Gasteiger charge is 2.39. The van der Waals surface area contributed by atoms with Crippen LogP contribution in [0, 0.1) is 11.3 Å². The number of aldehydes is 1. The highest BCUT2D eigenvalue weighted by atomic mass is 32.2. The third kappa shape index (κ3) is 2.26. The van der Waals surface area contributed by atoms with Gasteiger partial charge in [-0.15, -0.1) is 0 Å². The van der Waals surface area contributed by atoms with Crippen LogP contribution in [0.2, 0.25) is 0 Å². The Kier molecular flexibility index (Phi) is 3.80. The molecule has 76 valence electrons. The number of hydrogen-bond donors (Lipinski definition) is 1. The van der Waals surface area contributed by atoms with Crippen molar-refractivity contribution in [1.29, 1.82) is 0 Å². The molecule has 3 heteroatoms. The van der Waals surface area contributed by atoms with Crippen molar-refractivity contribution in [3.05, 3.63) is 0 Å². The topological polar surface area (TPSA) is 37.3 Å². The molecule has 1 fully saturated rings. The predicted octanol–water partition coefficient (Wildman–Crippen LogP) is 1.72. The summed E-state index contributed by atoms with van der Waals surface area (Å²) in [5, 5.41) is 9.50. The van der Waals surface area contributed by atoms with Crippen molar-refractivity contribution in [2.75, 3.05) is 11.5 Å². The molecule has 0 aromatic heterocycles. The Labute approximate surface area is 84.1 Å². The van der Waals surface area contributed by atoms with Crippen molar-refractivity contribution >= 4 is 18.0 Å². The average molecular weight is 202 g/mol. The SMILES string of the molecule is CC(O)C(C)C1(C=O)CCSCC1. The van der Waals surface area contributed by atoms with E-state index in [1.54, 1.807) is 6.92 Å². The van der Waals surface area contributed by atoms with Crippen LogP contribution in [0.15, 0.2) is 0 Å². The van der Waals surface area contributed by atoms with Crippen LogP contribution < -0.4 is 0 Å². The molecule has 0 saturated carbocycles. The minimum Gasteiger partial charge on any atom is -0.393 e. The van der Waals surface area contributed by atoms with Crippen molar-refractivity contribution in [1.82, 2.24) is 0 Å². The Morgan fingerprint density at radius 3 is 2.31 bits per heavy atom. The van der Waals surface area contributed by atoms with Gasteiger partial charge in [0.2, 0.25) is 0 Å². The van der Waals surface area contributed by atoms with Crippen LogP contribution in [-0.2, 0) is 4.79 Å². The van der Waals surface area contributed by atoms with Gasteiger partial charge in [-0.2, -0.15) is 11.8 Å². The standard InChI is InChI=1S/C10H18O2S/c1-8(9(2)12)10(7-11)3-5-13-6-4-10/h7-9,12H,3-6H2,1-2H3. The molecule has 13 heavy (non-hydrogen) atoms. The Morgan fingerprint density at radius 2 is 1.92 bits per heavy atom. The molecular formula is C10H18O2S. The van der Waals surface area contributed by atoms with E-state index >= 15 is 0 Å². The zero-order valence-electron chi connectivity index (χ0n) is 8.32. The van der Waals surface area contributed by atoms with E-state index in [-0.39, 0.29) is 17.4 Å². The van der Waals surface area contributed by atoms with Gasteiger partial charge in [-0.25, -0.2) is 0 Å². The first kappa shape index (κ1) is 11.1. The molecule has 0 spiro atoms. The minimum atomic E-state index is -0.381. The van der Waals surface area contributed by atoms with E-state index in [9.17, 15) is 9.90 Å². The second-order valence-corrected chi connectivity index (χ2v) is 5.22. The van der Waals surface area contributed by atoms with E-state index in [1.165, 1.54) is 0 Å². The van der Waals surface area contributed by atoms with Crippen molar-refractivity contribution in [3.8, 4) is 0 Å². The summed E-state index contributed by atoms with van der Waals surface area (Å²) in [4.78, 5) is 11.1. The lowest BCUT2D eigenvalue weighted by atomic mass is 9.71. The number of aliphatic hydroxyl groups excluding tert-OH is 1. The maximum atomic E-state index is 11.1. The molecule has 1 aliphatic heterocycles. The maximum Gasteiger partial charge on any atom is 0.126 e. The van der Waals surface area contributed by atoms with E-state index in [0.29, 0.717) is 0 Å². The number of carbonyl (C=O) groups is 1. The molecule has 1 N–H and O–H groups in total. The van der Waals surface area contributed by atoms with E-state index in [0.717, 1.165) is 30.6 Å². The lowest BCUT2D eigenvalue weighted by Gasteiger charge is -2.38. The van der Waals surface area contributed by atoms with Gasteiger partial charge in [0, 0.05) is 5.41 Å². The Balaban J connectivity index is 2.72. The third-order valence-electron chi connectivity index (χ3n) is 3.29. The average Bonchev–Trinajstić information content (AvgIpc) is 2.17. The monoisotopic (exact) mass is 202 g/mol. The van der Waals surface area contributed by atoms with Gasteiger partial charge in [-0.3, -0.25) is 0 Å². The van der Waals surface area contributed by atoms with Crippen LogP contribution in [0.4, 0.5) is 0 Å². The van der Waals surface area contributed by atoms with Gasteiger partial charge >= 0.3 is 0 Å². The first-order valence-electron chi connectivity index (χ1n) is 4.84. The second-order valence-electron chi connectivity index (χ2n) is 3.99. The van der Waals surface area contributed by atoms with Gasteiger partial charge in [0.1, 0.15) is 6.29 Å². The zero-order valence-corrected chi connectivity index (χ0v) is 9.14. The molecule has 0 bridgehead atoms. The molecule has 1 heterocycles. The summed E-state index contributed by atoms with van der Waals surface area (Å²) in [6.45, 7) is 3.76. The van der Waals surface area contributed by atoms with Crippen LogP contribution >= 0.6 is 11.8 Å². The van der Waals surface area contributed by atoms with Crippen molar-refractivity contribution in [2.24, 2.45) is 11.3 Å². The molecule has 0 radical (unpaired) electrons. The summed E-state index contributed by atoms with van der Waals surface area (Å²) < 4.78 is 0. The fourth-order valence-electron chi connectivity index (χ4n) is 1.91. The molecule has 1 rings (SSSR count). The molecule has 0 amide bonds. The van der Waals surface area contributed by atoms with E-state index in [1.807, 2.05) is 18.7 Å². The van der Waals surface area contributed by atoms with Crippen LogP contribution in [0.25, 0.3) is 0 Å². The molecule has 2 unspecified atom stereocenters. The smallest absolute Gasteiger partial charge is 0.126 e. The maximum absolute atomic E-state index is 11.1. The third-order valence-corrected chi connectivity index (χ3v) is 4.27. The molecule has 1 saturated heterocycles. The first-order valence-corrected chi connectivity index (χ1v) is 6.00.